The number of carbonyl (C=O) groups is 1. The number of benzene rings is 2. The van der Waals surface area contributed by atoms with E-state index in [1.54, 1.807) is 6.07 Å². The van der Waals surface area contributed by atoms with E-state index >= 15 is 0 Å². The minimum Gasteiger partial charge on any atom is -0.307 e. The smallest absolute Gasteiger partial charge is 0.307 e. The Labute approximate surface area is 177 Å². The summed E-state index contributed by atoms with van der Waals surface area (Å²) in [7, 11) is -3.83. The van der Waals surface area contributed by atoms with E-state index in [0.717, 1.165) is 16.7 Å². The van der Waals surface area contributed by atoms with Crippen molar-refractivity contribution in [3.63, 3.8) is 0 Å². The molecule has 4 rings (SSSR count). The SMILES string of the molecule is CC(=O)c1cccc(S(=O)(=O)N2CCC(n3c(=O)[nH]c4ccc(F)cc4c3=O)CC2)c1. The van der Waals surface area contributed by atoms with Gasteiger partial charge >= 0.3 is 5.69 Å². The second-order valence-electron chi connectivity index (χ2n) is 7.51. The van der Waals surface area contributed by atoms with Crippen molar-refractivity contribution >= 4 is 26.7 Å². The van der Waals surface area contributed by atoms with Crippen molar-refractivity contribution in [2.45, 2.75) is 30.7 Å². The van der Waals surface area contributed by atoms with Crippen LogP contribution in [0.1, 0.15) is 36.2 Å². The quantitative estimate of drug-likeness (QED) is 0.619. The summed E-state index contributed by atoms with van der Waals surface area (Å²) in [5, 5.41) is 0.0655. The largest absolute Gasteiger partial charge is 0.329 e. The zero-order chi connectivity index (χ0) is 22.3. The fourth-order valence-corrected chi connectivity index (χ4v) is 5.41. The van der Waals surface area contributed by atoms with Crippen molar-refractivity contribution < 1.29 is 17.6 Å². The van der Waals surface area contributed by atoms with Crippen molar-refractivity contribution in [1.82, 2.24) is 13.9 Å². The fraction of sp³-hybridized carbons (Fsp3) is 0.286. The minimum absolute atomic E-state index is 0.0230. The number of sulfonamides is 1. The van der Waals surface area contributed by atoms with E-state index in [9.17, 15) is 27.2 Å². The number of aromatic amines is 1. The summed E-state index contributed by atoms with van der Waals surface area (Å²) >= 11 is 0. The molecule has 31 heavy (non-hydrogen) atoms. The number of ketones is 1. The highest BCUT2D eigenvalue weighted by Gasteiger charge is 2.31. The van der Waals surface area contributed by atoms with Gasteiger partial charge in [-0.1, -0.05) is 12.1 Å². The average molecular weight is 445 g/mol. The van der Waals surface area contributed by atoms with Gasteiger partial charge in [0.2, 0.25) is 10.0 Å². The number of carbonyl (C=O) groups excluding carboxylic acids is 1. The summed E-state index contributed by atoms with van der Waals surface area (Å²) < 4.78 is 41.9. The molecular formula is C21H20FN3O5S. The summed E-state index contributed by atoms with van der Waals surface area (Å²) in [5.41, 5.74) is -0.663. The number of hydrogen-bond acceptors (Lipinski definition) is 5. The zero-order valence-electron chi connectivity index (χ0n) is 16.7. The van der Waals surface area contributed by atoms with Gasteiger partial charge in [-0.2, -0.15) is 4.31 Å². The Morgan fingerprint density at radius 3 is 2.48 bits per heavy atom. The van der Waals surface area contributed by atoms with Crippen LogP contribution in [0.5, 0.6) is 0 Å². The van der Waals surface area contributed by atoms with E-state index in [-0.39, 0.29) is 47.5 Å². The molecule has 0 amide bonds. The van der Waals surface area contributed by atoms with Crippen molar-refractivity contribution in [2.24, 2.45) is 0 Å². The number of piperidine rings is 1. The Kier molecular flexibility index (Phi) is 5.36. The molecule has 0 bridgehead atoms. The van der Waals surface area contributed by atoms with Gasteiger partial charge in [0.1, 0.15) is 5.82 Å². The maximum atomic E-state index is 13.6. The van der Waals surface area contributed by atoms with Gasteiger partial charge in [0.05, 0.1) is 15.8 Å². The molecule has 1 N–H and O–H groups in total. The van der Waals surface area contributed by atoms with Gasteiger partial charge < -0.3 is 4.98 Å². The first-order chi connectivity index (χ1) is 14.7. The third kappa shape index (κ3) is 3.84. The third-order valence-corrected chi connectivity index (χ3v) is 7.45. The van der Waals surface area contributed by atoms with E-state index in [0.29, 0.717) is 5.56 Å². The van der Waals surface area contributed by atoms with Crippen molar-refractivity contribution in [1.29, 1.82) is 0 Å². The summed E-state index contributed by atoms with van der Waals surface area (Å²) in [5.74, 6) is -0.820. The number of halogens is 1. The van der Waals surface area contributed by atoms with Gasteiger partial charge in [-0.3, -0.25) is 14.2 Å². The van der Waals surface area contributed by atoms with Crippen LogP contribution in [0, 0.1) is 5.82 Å². The molecule has 0 spiro atoms. The van der Waals surface area contributed by atoms with Gasteiger partial charge in [-0.15, -0.1) is 0 Å². The average Bonchev–Trinajstić information content (AvgIpc) is 2.75. The molecule has 0 radical (unpaired) electrons. The molecule has 1 aliphatic rings. The molecule has 1 aromatic heterocycles. The highest BCUT2D eigenvalue weighted by molar-refractivity contribution is 7.89. The molecule has 0 saturated carbocycles. The summed E-state index contributed by atoms with van der Waals surface area (Å²) in [6.07, 6.45) is 0.491. The van der Waals surface area contributed by atoms with Crippen LogP contribution >= 0.6 is 0 Å². The first-order valence-electron chi connectivity index (χ1n) is 9.74. The van der Waals surface area contributed by atoms with E-state index in [1.807, 2.05) is 0 Å². The van der Waals surface area contributed by atoms with Gasteiger partial charge in [0, 0.05) is 24.7 Å². The van der Waals surface area contributed by atoms with E-state index in [1.165, 1.54) is 35.5 Å². The van der Waals surface area contributed by atoms with Crippen LogP contribution in [0.3, 0.4) is 0 Å². The first-order valence-corrected chi connectivity index (χ1v) is 11.2. The second kappa shape index (κ2) is 7.86. The lowest BCUT2D eigenvalue weighted by Crippen LogP contribution is -2.45. The Hall–Kier alpha value is -3.11. The lowest BCUT2D eigenvalue weighted by molar-refractivity contribution is 0.101. The van der Waals surface area contributed by atoms with Crippen LogP contribution in [0.15, 0.2) is 56.9 Å². The molecule has 10 heteroatoms. The molecule has 1 aliphatic heterocycles. The Bertz CT molecular complexity index is 1400. The zero-order valence-corrected chi connectivity index (χ0v) is 17.5. The molecule has 0 unspecified atom stereocenters. The molecule has 0 aliphatic carbocycles. The molecule has 162 valence electrons. The monoisotopic (exact) mass is 445 g/mol. The minimum atomic E-state index is -3.83. The Morgan fingerprint density at radius 1 is 1.10 bits per heavy atom. The van der Waals surface area contributed by atoms with Crippen molar-refractivity contribution in [2.75, 3.05) is 13.1 Å². The number of hydrogen-bond donors (Lipinski definition) is 1. The van der Waals surface area contributed by atoms with Crippen LogP contribution in [0.2, 0.25) is 0 Å². The van der Waals surface area contributed by atoms with E-state index in [4.69, 9.17) is 0 Å². The number of nitrogens with one attached hydrogen (secondary N) is 1. The number of Topliss-reactive ketones (excluding diaryl/α,β-unsaturated/α-hetero) is 1. The lowest BCUT2D eigenvalue weighted by atomic mass is 10.1. The molecule has 1 saturated heterocycles. The lowest BCUT2D eigenvalue weighted by Gasteiger charge is -2.31. The fourth-order valence-electron chi connectivity index (χ4n) is 3.90. The molecule has 8 nitrogen and oxygen atoms in total. The van der Waals surface area contributed by atoms with Crippen LogP contribution < -0.4 is 11.2 Å². The topological polar surface area (TPSA) is 109 Å². The molecular weight excluding hydrogens is 425 g/mol. The Morgan fingerprint density at radius 2 is 1.81 bits per heavy atom. The van der Waals surface area contributed by atoms with Gasteiger partial charge in [0.15, 0.2) is 5.78 Å². The van der Waals surface area contributed by atoms with Gasteiger partial charge in [-0.05, 0) is 50.1 Å². The number of aromatic nitrogens is 2. The predicted octanol–water partition coefficient (Wildman–Crippen LogP) is 2.06. The predicted molar refractivity (Wildman–Crippen MR) is 112 cm³/mol. The van der Waals surface area contributed by atoms with Crippen LogP contribution in [0.25, 0.3) is 10.9 Å². The number of nitrogens with zero attached hydrogens (tertiary/aromatic N) is 2. The van der Waals surface area contributed by atoms with E-state index < -0.39 is 33.1 Å². The number of fused-ring (bicyclic) bond motifs is 1. The number of H-pyrrole nitrogens is 1. The van der Waals surface area contributed by atoms with Crippen LogP contribution in [-0.2, 0) is 10.0 Å². The second-order valence-corrected chi connectivity index (χ2v) is 9.45. The molecule has 2 aromatic carbocycles. The highest BCUT2D eigenvalue weighted by atomic mass is 32.2. The van der Waals surface area contributed by atoms with Crippen LogP contribution in [0.4, 0.5) is 4.39 Å². The Balaban J connectivity index is 1.61. The molecule has 0 atom stereocenters. The summed E-state index contributed by atoms with van der Waals surface area (Å²) in [4.78, 5) is 39.5. The number of rotatable bonds is 4. The van der Waals surface area contributed by atoms with Crippen molar-refractivity contribution in [3.8, 4) is 0 Å². The first kappa shape index (κ1) is 21.1. The molecule has 2 heterocycles. The molecule has 3 aromatic rings. The highest BCUT2D eigenvalue weighted by Crippen LogP contribution is 2.26. The molecule has 1 fully saturated rings. The van der Waals surface area contributed by atoms with Gasteiger partial charge in [-0.25, -0.2) is 17.6 Å². The standard InChI is InChI=1S/C21H20FN3O5S/c1-13(26)14-3-2-4-17(11-14)31(29,30)24-9-7-16(8-10-24)25-20(27)18-12-15(22)5-6-19(18)23-21(25)28/h2-6,11-12,16H,7-10H2,1H3,(H,23,28). The van der Waals surface area contributed by atoms with Crippen molar-refractivity contribution in [3.05, 3.63) is 74.7 Å². The summed E-state index contributed by atoms with van der Waals surface area (Å²) in [6, 6.07) is 8.90. The van der Waals surface area contributed by atoms with E-state index in [2.05, 4.69) is 4.98 Å². The van der Waals surface area contributed by atoms with Gasteiger partial charge in [0.25, 0.3) is 5.56 Å². The maximum absolute atomic E-state index is 13.6. The normalized spacial score (nSPS) is 15.9. The third-order valence-electron chi connectivity index (χ3n) is 5.56. The van der Waals surface area contributed by atoms with Crippen LogP contribution in [-0.4, -0.2) is 41.1 Å². The summed E-state index contributed by atoms with van der Waals surface area (Å²) in [6.45, 7) is 1.57. The maximum Gasteiger partial charge on any atom is 0.329 e.